The van der Waals surface area contributed by atoms with Gasteiger partial charge in [-0.3, -0.25) is 4.98 Å². The first-order valence-electron chi connectivity index (χ1n) is 4.78. The minimum absolute atomic E-state index is 0.0251. The number of ether oxygens (including phenoxy) is 1. The molecule has 2 unspecified atom stereocenters. The second-order valence-electron chi connectivity index (χ2n) is 3.24. The van der Waals surface area contributed by atoms with Gasteiger partial charge in [-0.1, -0.05) is 6.92 Å². The molecule has 1 rings (SSSR count). The summed E-state index contributed by atoms with van der Waals surface area (Å²) in [6, 6.07) is 0. The molecule has 0 amide bonds. The third-order valence-electron chi connectivity index (χ3n) is 2.11. The Balaban J connectivity index is 2.82. The maximum absolute atomic E-state index is 9.39. The number of rotatable bonds is 4. The van der Waals surface area contributed by atoms with E-state index >= 15 is 0 Å². The summed E-state index contributed by atoms with van der Waals surface area (Å²) in [5.41, 5.74) is 0.756. The van der Waals surface area contributed by atoms with Gasteiger partial charge in [-0.25, -0.2) is 4.98 Å². The molecule has 0 fully saturated rings. The van der Waals surface area contributed by atoms with Crippen LogP contribution >= 0.6 is 0 Å². The molecule has 4 nitrogen and oxygen atoms in total. The first-order valence-corrected chi connectivity index (χ1v) is 4.78. The Morgan fingerprint density at radius 2 is 2.14 bits per heavy atom. The van der Waals surface area contributed by atoms with Gasteiger partial charge in [0.15, 0.2) is 0 Å². The van der Waals surface area contributed by atoms with Crippen LogP contribution in [0.2, 0.25) is 0 Å². The Morgan fingerprint density at radius 3 is 2.71 bits per heavy atom. The lowest BCUT2D eigenvalue weighted by atomic mass is 10.0. The number of hydrogen-bond donors (Lipinski definition) is 1. The summed E-state index contributed by atoms with van der Waals surface area (Å²) in [6.07, 6.45) is 2.79. The predicted molar refractivity (Wildman–Crippen MR) is 53.3 cm³/mol. The van der Waals surface area contributed by atoms with Crippen LogP contribution in [0.25, 0.3) is 0 Å². The second kappa shape index (κ2) is 4.91. The molecule has 1 N–H and O–H groups in total. The molecule has 0 bridgehead atoms. The van der Waals surface area contributed by atoms with E-state index in [1.165, 1.54) is 0 Å². The molecular weight excluding hydrogens is 180 g/mol. The summed E-state index contributed by atoms with van der Waals surface area (Å²) in [6.45, 7) is 6.11. The minimum Gasteiger partial charge on any atom is -0.477 e. The highest BCUT2D eigenvalue weighted by molar-refractivity contribution is 5.12. The molecule has 0 radical (unpaired) electrons. The average molecular weight is 196 g/mol. The zero-order valence-electron chi connectivity index (χ0n) is 8.77. The van der Waals surface area contributed by atoms with Crippen molar-refractivity contribution in [3.8, 4) is 5.88 Å². The van der Waals surface area contributed by atoms with Crippen LogP contribution in [0.1, 0.15) is 32.4 Å². The maximum Gasteiger partial charge on any atom is 0.232 e. The molecule has 0 aliphatic heterocycles. The van der Waals surface area contributed by atoms with E-state index in [2.05, 4.69) is 9.97 Å². The van der Waals surface area contributed by atoms with E-state index in [4.69, 9.17) is 4.74 Å². The summed E-state index contributed by atoms with van der Waals surface area (Å²) < 4.78 is 5.22. The van der Waals surface area contributed by atoms with Gasteiger partial charge in [-0.2, -0.15) is 0 Å². The van der Waals surface area contributed by atoms with Crippen molar-refractivity contribution >= 4 is 0 Å². The highest BCUT2D eigenvalue weighted by atomic mass is 16.5. The fourth-order valence-corrected chi connectivity index (χ4v) is 1.05. The van der Waals surface area contributed by atoms with Gasteiger partial charge in [-0.05, 0) is 13.8 Å². The van der Waals surface area contributed by atoms with E-state index < -0.39 is 6.10 Å². The molecule has 0 aromatic carbocycles. The van der Waals surface area contributed by atoms with Gasteiger partial charge >= 0.3 is 0 Å². The van der Waals surface area contributed by atoms with Crippen molar-refractivity contribution in [2.75, 3.05) is 6.61 Å². The lowest BCUT2D eigenvalue weighted by Gasteiger charge is -2.13. The summed E-state index contributed by atoms with van der Waals surface area (Å²) in [5, 5.41) is 9.39. The normalized spacial score (nSPS) is 14.9. The molecule has 14 heavy (non-hydrogen) atoms. The van der Waals surface area contributed by atoms with Crippen LogP contribution in [-0.4, -0.2) is 27.8 Å². The van der Waals surface area contributed by atoms with Gasteiger partial charge in [0.2, 0.25) is 5.88 Å². The molecule has 1 heterocycles. The molecule has 1 aromatic heterocycles. The Bertz CT molecular complexity index is 289. The summed E-state index contributed by atoms with van der Waals surface area (Å²) in [4.78, 5) is 8.25. The van der Waals surface area contributed by atoms with Gasteiger partial charge in [0, 0.05) is 12.1 Å². The van der Waals surface area contributed by atoms with E-state index in [1.807, 2.05) is 13.8 Å². The number of aliphatic hydroxyl groups is 1. The third kappa shape index (κ3) is 2.67. The predicted octanol–water partition coefficient (Wildman–Crippen LogP) is 1.36. The Morgan fingerprint density at radius 1 is 1.43 bits per heavy atom. The molecule has 0 spiro atoms. The second-order valence-corrected chi connectivity index (χ2v) is 3.24. The van der Waals surface area contributed by atoms with Crippen molar-refractivity contribution < 1.29 is 9.84 Å². The van der Waals surface area contributed by atoms with E-state index in [0.29, 0.717) is 12.5 Å². The molecule has 0 saturated carbocycles. The largest absolute Gasteiger partial charge is 0.477 e. The van der Waals surface area contributed by atoms with Crippen molar-refractivity contribution in [1.82, 2.24) is 9.97 Å². The first kappa shape index (κ1) is 10.9. The fraction of sp³-hybridized carbons (Fsp3) is 0.600. The van der Waals surface area contributed by atoms with Crippen LogP contribution in [0.3, 0.4) is 0 Å². The number of aromatic nitrogens is 2. The smallest absolute Gasteiger partial charge is 0.232 e. The van der Waals surface area contributed by atoms with Crippen LogP contribution in [0.15, 0.2) is 12.4 Å². The zero-order chi connectivity index (χ0) is 10.6. The maximum atomic E-state index is 9.39. The molecule has 4 heteroatoms. The van der Waals surface area contributed by atoms with Crippen LogP contribution in [0.5, 0.6) is 5.88 Å². The van der Waals surface area contributed by atoms with Gasteiger partial charge in [0.25, 0.3) is 0 Å². The van der Waals surface area contributed by atoms with Crippen molar-refractivity contribution in [2.24, 2.45) is 0 Å². The molecule has 1 aromatic rings. The summed E-state index contributed by atoms with van der Waals surface area (Å²) in [7, 11) is 0. The summed E-state index contributed by atoms with van der Waals surface area (Å²) in [5.74, 6) is 0.486. The fourth-order valence-electron chi connectivity index (χ4n) is 1.05. The monoisotopic (exact) mass is 196 g/mol. The molecule has 78 valence electrons. The zero-order valence-corrected chi connectivity index (χ0v) is 8.77. The van der Waals surface area contributed by atoms with Crippen LogP contribution in [-0.2, 0) is 0 Å². The lowest BCUT2D eigenvalue weighted by molar-refractivity contribution is 0.166. The number of nitrogens with zero attached hydrogens (tertiary/aromatic N) is 2. The van der Waals surface area contributed by atoms with Gasteiger partial charge < -0.3 is 9.84 Å². The van der Waals surface area contributed by atoms with E-state index in [1.54, 1.807) is 19.3 Å². The SMILES string of the molecule is CCOc1cncc(C(C)C(C)O)n1. The highest BCUT2D eigenvalue weighted by Crippen LogP contribution is 2.17. The van der Waals surface area contributed by atoms with Gasteiger partial charge in [-0.15, -0.1) is 0 Å². The van der Waals surface area contributed by atoms with Crippen molar-refractivity contribution in [2.45, 2.75) is 32.8 Å². The Labute approximate surface area is 84.0 Å². The van der Waals surface area contributed by atoms with E-state index in [-0.39, 0.29) is 5.92 Å². The molecule has 2 atom stereocenters. The number of aliphatic hydroxyl groups excluding tert-OH is 1. The van der Waals surface area contributed by atoms with Crippen molar-refractivity contribution in [1.29, 1.82) is 0 Å². The Kier molecular flexibility index (Phi) is 3.83. The van der Waals surface area contributed by atoms with Crippen LogP contribution in [0, 0.1) is 0 Å². The number of hydrogen-bond acceptors (Lipinski definition) is 4. The quantitative estimate of drug-likeness (QED) is 0.790. The van der Waals surface area contributed by atoms with Gasteiger partial charge in [0.05, 0.1) is 24.6 Å². The topological polar surface area (TPSA) is 55.2 Å². The van der Waals surface area contributed by atoms with E-state index in [9.17, 15) is 5.11 Å². The van der Waals surface area contributed by atoms with E-state index in [0.717, 1.165) is 5.69 Å². The lowest BCUT2D eigenvalue weighted by Crippen LogP contribution is -2.13. The third-order valence-corrected chi connectivity index (χ3v) is 2.11. The molecule has 0 aliphatic carbocycles. The highest BCUT2D eigenvalue weighted by Gasteiger charge is 2.13. The minimum atomic E-state index is -0.429. The van der Waals surface area contributed by atoms with Crippen molar-refractivity contribution in [3.05, 3.63) is 18.1 Å². The average Bonchev–Trinajstić information content (AvgIpc) is 2.17. The molecule has 0 saturated heterocycles. The standard InChI is InChI=1S/C10H16N2O2/c1-4-14-10-6-11-5-9(12-10)7(2)8(3)13/h5-8,13H,4H2,1-3H3. The van der Waals surface area contributed by atoms with Crippen molar-refractivity contribution in [3.63, 3.8) is 0 Å². The first-order chi connectivity index (χ1) is 6.65. The molecular formula is C10H16N2O2. The van der Waals surface area contributed by atoms with Crippen LogP contribution < -0.4 is 4.74 Å². The Hall–Kier alpha value is -1.16. The molecule has 0 aliphatic rings. The van der Waals surface area contributed by atoms with Crippen LogP contribution in [0.4, 0.5) is 0 Å². The van der Waals surface area contributed by atoms with Gasteiger partial charge in [0.1, 0.15) is 0 Å². The summed E-state index contributed by atoms with van der Waals surface area (Å²) >= 11 is 0.